The van der Waals surface area contributed by atoms with Gasteiger partial charge < -0.3 is 29.1 Å². The maximum Gasteiger partial charge on any atom is 0.573 e. The van der Waals surface area contributed by atoms with Crippen molar-refractivity contribution in [3.05, 3.63) is 77.9 Å². The van der Waals surface area contributed by atoms with Gasteiger partial charge in [0.15, 0.2) is 0 Å². The van der Waals surface area contributed by atoms with Crippen molar-refractivity contribution >= 4 is 21.6 Å². The van der Waals surface area contributed by atoms with Gasteiger partial charge in [0, 0.05) is 49.1 Å². The second-order valence-corrected chi connectivity index (χ2v) is 12.7. The Balaban J connectivity index is 1.41. The Morgan fingerprint density at radius 1 is 1.07 bits per heavy atom. The van der Waals surface area contributed by atoms with Crippen LogP contribution >= 0.6 is 0 Å². The minimum absolute atomic E-state index is 0.173. The number of carbonyl (C=O) groups is 1. The molecule has 3 atom stereocenters. The fraction of sp³-hybridized carbons (Fsp3) is 0.387. The molecule has 10 nitrogen and oxygen atoms in total. The molecule has 242 valence electrons. The van der Waals surface area contributed by atoms with Gasteiger partial charge in [-0.2, -0.15) is 0 Å². The number of aliphatic hydroxyl groups is 1. The number of halogens is 3. The molecule has 0 aromatic heterocycles. The van der Waals surface area contributed by atoms with Gasteiger partial charge in [-0.15, -0.1) is 13.2 Å². The number of hydrogen-bond acceptors (Lipinski definition) is 8. The molecule has 45 heavy (non-hydrogen) atoms. The Hall–Kier alpha value is -4.01. The van der Waals surface area contributed by atoms with Crippen LogP contribution in [0.3, 0.4) is 0 Å². The van der Waals surface area contributed by atoms with Gasteiger partial charge in [0.25, 0.3) is 5.91 Å². The van der Waals surface area contributed by atoms with Crippen LogP contribution in [-0.4, -0.2) is 75.7 Å². The van der Waals surface area contributed by atoms with Crippen LogP contribution in [0.4, 0.5) is 18.9 Å². The zero-order valence-corrected chi connectivity index (χ0v) is 25.7. The van der Waals surface area contributed by atoms with E-state index in [1.54, 1.807) is 31.9 Å². The van der Waals surface area contributed by atoms with Crippen LogP contribution in [0.5, 0.6) is 17.2 Å². The molecule has 2 aliphatic rings. The topological polar surface area (TPSA) is 118 Å². The van der Waals surface area contributed by atoms with Gasteiger partial charge in [0.1, 0.15) is 33.8 Å². The van der Waals surface area contributed by atoms with Crippen LogP contribution in [0.1, 0.15) is 42.2 Å². The third-order valence-corrected chi connectivity index (χ3v) is 9.69. The van der Waals surface area contributed by atoms with E-state index in [0.717, 1.165) is 23.6 Å². The van der Waals surface area contributed by atoms with Crippen molar-refractivity contribution in [2.45, 2.75) is 49.3 Å². The summed E-state index contributed by atoms with van der Waals surface area (Å²) < 4.78 is 83.9. The maximum atomic E-state index is 13.6. The Morgan fingerprint density at radius 2 is 1.78 bits per heavy atom. The second-order valence-electron chi connectivity index (χ2n) is 11.0. The van der Waals surface area contributed by atoms with Crippen LogP contribution in [0.25, 0.3) is 0 Å². The zero-order chi connectivity index (χ0) is 32.6. The number of para-hydroxylation sites is 1. The molecule has 2 heterocycles. The number of methoxy groups -OCH3 is 1. The van der Waals surface area contributed by atoms with E-state index in [1.807, 2.05) is 24.3 Å². The van der Waals surface area contributed by atoms with E-state index in [4.69, 9.17) is 9.47 Å². The Kier molecular flexibility index (Phi) is 8.93. The lowest BCUT2D eigenvalue weighted by molar-refractivity contribution is -0.275. The Bertz CT molecular complexity index is 1660. The molecule has 1 saturated heterocycles. The van der Waals surface area contributed by atoms with Gasteiger partial charge in [-0.3, -0.25) is 4.79 Å². The minimum Gasteiger partial charge on any atom is -0.497 e. The van der Waals surface area contributed by atoms with Crippen molar-refractivity contribution in [3.63, 3.8) is 0 Å². The summed E-state index contributed by atoms with van der Waals surface area (Å²) in [6.07, 6.45) is -6.32. The van der Waals surface area contributed by atoms with Crippen molar-refractivity contribution in [2.75, 3.05) is 38.2 Å². The van der Waals surface area contributed by atoms with E-state index < -0.39 is 44.8 Å². The quantitative estimate of drug-likeness (QED) is 0.367. The highest BCUT2D eigenvalue weighted by atomic mass is 32.2. The van der Waals surface area contributed by atoms with Gasteiger partial charge in [0.2, 0.25) is 10.0 Å². The summed E-state index contributed by atoms with van der Waals surface area (Å²) in [5.41, 5.74) is 0.138. The molecular formula is C31H34F3N3O7S. The fourth-order valence-electron chi connectivity index (χ4n) is 5.53. The molecular weight excluding hydrogens is 615 g/mol. The molecule has 2 aliphatic heterocycles. The molecule has 0 radical (unpaired) electrons. The number of carbonyl (C=O) groups excluding carboxylic acids is 1. The number of nitrogens with zero attached hydrogens (tertiary/aromatic N) is 2. The molecule has 2 N–H and O–H groups in total. The van der Waals surface area contributed by atoms with Crippen molar-refractivity contribution in [2.24, 2.45) is 0 Å². The molecule has 0 bridgehead atoms. The Morgan fingerprint density at radius 3 is 2.44 bits per heavy atom. The SMILES string of the molecule is CCC1(C)Oc2ccc(C(=O)N3CCN(c4cccc(OC)c4)CC3)cc2[C@@H](NS(=O)(=O)c2ccccc2OC(F)(F)F)[C@@H]1O. The first-order chi connectivity index (χ1) is 21.2. The molecule has 3 aromatic rings. The van der Waals surface area contributed by atoms with E-state index in [1.165, 1.54) is 24.3 Å². The highest BCUT2D eigenvalue weighted by Crippen LogP contribution is 2.43. The first kappa shape index (κ1) is 32.4. The normalized spacial score (nSPS) is 21.9. The third-order valence-electron chi connectivity index (χ3n) is 8.21. The average Bonchev–Trinajstić information content (AvgIpc) is 3.02. The number of alkyl halides is 3. The van der Waals surface area contributed by atoms with Crippen LogP contribution in [0, 0.1) is 0 Å². The van der Waals surface area contributed by atoms with E-state index in [9.17, 15) is 31.5 Å². The van der Waals surface area contributed by atoms with Gasteiger partial charge in [0.05, 0.1) is 13.2 Å². The summed E-state index contributed by atoms with van der Waals surface area (Å²) in [4.78, 5) is 16.7. The molecule has 0 saturated carbocycles. The first-order valence-electron chi connectivity index (χ1n) is 14.3. The predicted molar refractivity (Wildman–Crippen MR) is 159 cm³/mol. The number of fused-ring (bicyclic) bond motifs is 1. The average molecular weight is 650 g/mol. The van der Waals surface area contributed by atoms with Crippen molar-refractivity contribution < 1.29 is 45.7 Å². The zero-order valence-electron chi connectivity index (χ0n) is 24.9. The van der Waals surface area contributed by atoms with Crippen molar-refractivity contribution in [3.8, 4) is 17.2 Å². The Labute approximate surface area is 259 Å². The van der Waals surface area contributed by atoms with Gasteiger partial charge in [-0.05, 0) is 55.8 Å². The number of ether oxygens (including phenoxy) is 3. The predicted octanol–water partition coefficient (Wildman–Crippen LogP) is 4.50. The number of hydrogen-bond donors (Lipinski definition) is 2. The molecule has 0 aliphatic carbocycles. The standard InChI is InChI=1S/C31H34F3N3O7S/c1-4-30(2)28(38)27(35-45(40,41)26-11-6-5-10-25(26)44-31(32,33)34)23-18-20(12-13-24(23)43-30)29(39)37-16-14-36(15-17-37)21-8-7-9-22(19-21)42-3/h5-13,18-19,27-28,35,38H,4,14-17H2,1-3H3/t27-,28+,30?/m1/s1. The number of sulfonamides is 1. The monoisotopic (exact) mass is 649 g/mol. The van der Waals surface area contributed by atoms with Crippen LogP contribution in [0.2, 0.25) is 0 Å². The molecule has 0 spiro atoms. The van der Waals surface area contributed by atoms with Gasteiger partial charge in [-0.25, -0.2) is 13.1 Å². The first-order valence-corrected chi connectivity index (χ1v) is 15.8. The molecule has 1 unspecified atom stereocenters. The highest BCUT2D eigenvalue weighted by Gasteiger charge is 2.47. The van der Waals surface area contributed by atoms with Gasteiger partial charge >= 0.3 is 6.36 Å². The van der Waals surface area contributed by atoms with E-state index >= 15 is 0 Å². The number of piperazine rings is 1. The summed E-state index contributed by atoms with van der Waals surface area (Å²) in [5, 5.41) is 11.4. The van der Waals surface area contributed by atoms with Crippen molar-refractivity contribution in [1.29, 1.82) is 0 Å². The number of aliphatic hydroxyl groups excluding tert-OH is 1. The fourth-order valence-corrected chi connectivity index (χ4v) is 6.88. The lowest BCUT2D eigenvalue weighted by atomic mass is 9.83. The van der Waals surface area contributed by atoms with Crippen LogP contribution < -0.4 is 23.8 Å². The highest BCUT2D eigenvalue weighted by molar-refractivity contribution is 7.89. The van der Waals surface area contributed by atoms with E-state index in [2.05, 4.69) is 14.4 Å². The molecule has 14 heteroatoms. The summed E-state index contributed by atoms with van der Waals surface area (Å²) in [6, 6.07) is 15.2. The maximum absolute atomic E-state index is 13.6. The van der Waals surface area contributed by atoms with Crippen LogP contribution in [-0.2, 0) is 10.0 Å². The molecule has 5 rings (SSSR count). The molecule has 3 aromatic carbocycles. The third kappa shape index (κ3) is 6.82. The lowest BCUT2D eigenvalue weighted by Gasteiger charge is -2.44. The number of amides is 1. The number of anilines is 1. The minimum atomic E-state index is -5.13. The van der Waals surface area contributed by atoms with E-state index in [-0.39, 0.29) is 29.2 Å². The summed E-state index contributed by atoms with van der Waals surface area (Å²) in [5.74, 6) is -0.261. The summed E-state index contributed by atoms with van der Waals surface area (Å²) >= 11 is 0. The molecule has 1 amide bonds. The van der Waals surface area contributed by atoms with E-state index in [0.29, 0.717) is 26.2 Å². The van der Waals surface area contributed by atoms with Gasteiger partial charge in [-0.1, -0.05) is 25.1 Å². The van der Waals surface area contributed by atoms with Crippen LogP contribution in [0.15, 0.2) is 71.6 Å². The molecule has 1 fully saturated rings. The summed E-state index contributed by atoms with van der Waals surface area (Å²) in [6.45, 7) is 5.34. The number of benzene rings is 3. The van der Waals surface area contributed by atoms with Crippen molar-refractivity contribution in [1.82, 2.24) is 9.62 Å². The summed E-state index contributed by atoms with van der Waals surface area (Å²) in [7, 11) is -3.09. The lowest BCUT2D eigenvalue weighted by Crippen LogP contribution is -2.55. The smallest absolute Gasteiger partial charge is 0.497 e. The number of rotatable bonds is 8. The second kappa shape index (κ2) is 12.4. The largest absolute Gasteiger partial charge is 0.573 e. The number of nitrogens with one attached hydrogen (secondary N) is 1.